The number of benzene rings is 2. The van der Waals surface area contributed by atoms with E-state index in [1.807, 2.05) is 37.3 Å². The Balaban J connectivity index is 2.17. The first-order valence-corrected chi connectivity index (χ1v) is 6.34. The number of carbonyl (C=O) groups excluding carboxylic acids is 1. The number of hydrogen-bond acceptors (Lipinski definition) is 2. The van der Waals surface area contributed by atoms with Crippen molar-refractivity contribution in [2.24, 2.45) is 0 Å². The first kappa shape index (κ1) is 14.5. The zero-order valence-electron chi connectivity index (χ0n) is 11.4. The summed E-state index contributed by atoms with van der Waals surface area (Å²) in [5, 5.41) is 11.7. The Morgan fingerprint density at radius 1 is 1.14 bits per heavy atom. The normalized spacial score (nSPS) is 10.8. The van der Waals surface area contributed by atoms with Crippen LogP contribution in [0.2, 0.25) is 0 Å². The molecule has 0 radical (unpaired) electrons. The molecule has 21 heavy (non-hydrogen) atoms. The van der Waals surface area contributed by atoms with Crippen molar-refractivity contribution in [1.29, 1.82) is 5.26 Å². The van der Waals surface area contributed by atoms with Crippen molar-refractivity contribution in [3.05, 3.63) is 71.0 Å². The van der Waals surface area contributed by atoms with Gasteiger partial charge in [-0.2, -0.15) is 5.26 Å². The minimum absolute atomic E-state index is 0.0109. The molecule has 0 aliphatic rings. The number of nitrogens with zero attached hydrogens (tertiary/aromatic N) is 1. The molecule has 0 aliphatic carbocycles. The largest absolute Gasteiger partial charge is 0.321 e. The predicted octanol–water partition coefficient (Wildman–Crippen LogP) is 3.68. The van der Waals surface area contributed by atoms with Crippen LogP contribution in [0.3, 0.4) is 0 Å². The highest BCUT2D eigenvalue weighted by molar-refractivity contribution is 6.09. The lowest BCUT2D eigenvalue weighted by Crippen LogP contribution is -2.13. The van der Waals surface area contributed by atoms with Gasteiger partial charge in [-0.25, -0.2) is 4.39 Å². The van der Waals surface area contributed by atoms with Crippen LogP contribution in [0, 0.1) is 24.1 Å². The molecule has 2 aromatic rings. The number of carbonyl (C=O) groups is 1. The third kappa shape index (κ3) is 4.02. The second-order valence-corrected chi connectivity index (χ2v) is 4.54. The molecule has 0 saturated heterocycles. The molecule has 4 heteroatoms. The highest BCUT2D eigenvalue weighted by Crippen LogP contribution is 2.12. The minimum atomic E-state index is -0.523. The van der Waals surface area contributed by atoms with Crippen molar-refractivity contribution in [3.8, 4) is 6.07 Å². The quantitative estimate of drug-likeness (QED) is 0.688. The van der Waals surface area contributed by atoms with Crippen LogP contribution in [-0.4, -0.2) is 5.91 Å². The number of halogens is 1. The number of anilines is 1. The van der Waals surface area contributed by atoms with E-state index in [-0.39, 0.29) is 11.4 Å². The minimum Gasteiger partial charge on any atom is -0.321 e. The summed E-state index contributed by atoms with van der Waals surface area (Å²) in [5.41, 5.74) is 2.29. The molecular formula is C17H13FN2O. The Hall–Kier alpha value is -2.93. The van der Waals surface area contributed by atoms with Gasteiger partial charge in [-0.15, -0.1) is 0 Å². The van der Waals surface area contributed by atoms with Crippen LogP contribution in [0.15, 0.2) is 54.1 Å². The lowest BCUT2D eigenvalue weighted by molar-refractivity contribution is -0.112. The lowest BCUT2D eigenvalue weighted by atomic mass is 10.1. The summed E-state index contributed by atoms with van der Waals surface area (Å²) in [6.45, 7) is 1.96. The van der Waals surface area contributed by atoms with Gasteiger partial charge in [0.05, 0.1) is 0 Å². The maximum absolute atomic E-state index is 12.8. The number of nitrogens with one attached hydrogen (secondary N) is 1. The van der Waals surface area contributed by atoms with Crippen LogP contribution in [0.4, 0.5) is 10.1 Å². The van der Waals surface area contributed by atoms with Gasteiger partial charge >= 0.3 is 0 Å². The topological polar surface area (TPSA) is 52.9 Å². The molecule has 0 heterocycles. The first-order valence-electron chi connectivity index (χ1n) is 6.34. The average molecular weight is 280 g/mol. The van der Waals surface area contributed by atoms with Crippen LogP contribution in [-0.2, 0) is 4.79 Å². The Labute approximate surface area is 122 Å². The molecule has 0 atom stereocenters. The van der Waals surface area contributed by atoms with Crippen molar-refractivity contribution in [2.75, 3.05) is 5.32 Å². The van der Waals surface area contributed by atoms with Crippen LogP contribution in [0.5, 0.6) is 0 Å². The Kier molecular flexibility index (Phi) is 4.47. The van der Waals surface area contributed by atoms with E-state index in [1.54, 1.807) is 0 Å². The Morgan fingerprint density at radius 3 is 2.33 bits per heavy atom. The number of aryl methyl sites for hydroxylation is 1. The highest BCUT2D eigenvalue weighted by atomic mass is 19.1. The molecule has 0 spiro atoms. The lowest BCUT2D eigenvalue weighted by Gasteiger charge is -2.04. The van der Waals surface area contributed by atoms with Gasteiger partial charge in [0.2, 0.25) is 0 Å². The summed E-state index contributed by atoms with van der Waals surface area (Å²) < 4.78 is 12.8. The number of rotatable bonds is 3. The molecule has 0 saturated carbocycles. The van der Waals surface area contributed by atoms with E-state index in [0.717, 1.165) is 11.1 Å². The fourth-order valence-corrected chi connectivity index (χ4v) is 1.71. The molecule has 0 aromatic heterocycles. The fraction of sp³-hybridized carbons (Fsp3) is 0.0588. The van der Waals surface area contributed by atoms with E-state index in [0.29, 0.717) is 5.69 Å². The summed E-state index contributed by atoms with van der Waals surface area (Å²) in [6.07, 6.45) is 1.51. The van der Waals surface area contributed by atoms with Crippen LogP contribution < -0.4 is 5.32 Å². The molecule has 0 aliphatic heterocycles. The van der Waals surface area contributed by atoms with E-state index < -0.39 is 5.91 Å². The van der Waals surface area contributed by atoms with Gasteiger partial charge in [-0.05, 0) is 42.8 Å². The standard InChI is InChI=1S/C17H13FN2O/c1-12-2-4-13(5-3-12)10-14(11-19)17(21)20-16-8-6-15(18)7-9-16/h2-10H,1H3,(H,20,21)/b14-10+. The SMILES string of the molecule is Cc1ccc(/C=C(\C#N)C(=O)Nc2ccc(F)cc2)cc1. The fourth-order valence-electron chi connectivity index (χ4n) is 1.71. The van der Waals surface area contributed by atoms with Gasteiger partial charge in [-0.3, -0.25) is 4.79 Å². The van der Waals surface area contributed by atoms with Gasteiger partial charge in [0.25, 0.3) is 5.91 Å². The van der Waals surface area contributed by atoms with Crippen LogP contribution in [0.25, 0.3) is 6.08 Å². The molecule has 0 fully saturated rings. The molecule has 0 unspecified atom stereocenters. The second kappa shape index (κ2) is 6.49. The van der Waals surface area contributed by atoms with Crippen molar-refractivity contribution >= 4 is 17.7 Å². The van der Waals surface area contributed by atoms with Crippen molar-refractivity contribution in [3.63, 3.8) is 0 Å². The van der Waals surface area contributed by atoms with Crippen molar-refractivity contribution in [2.45, 2.75) is 6.92 Å². The second-order valence-electron chi connectivity index (χ2n) is 4.54. The maximum atomic E-state index is 12.8. The third-order valence-corrected chi connectivity index (χ3v) is 2.86. The van der Waals surface area contributed by atoms with E-state index in [2.05, 4.69) is 5.32 Å². The molecule has 3 nitrogen and oxygen atoms in total. The summed E-state index contributed by atoms with van der Waals surface area (Å²) in [6, 6.07) is 14.7. The summed E-state index contributed by atoms with van der Waals surface area (Å²) in [5.74, 6) is -0.909. The van der Waals surface area contributed by atoms with Crippen LogP contribution >= 0.6 is 0 Å². The van der Waals surface area contributed by atoms with Gasteiger partial charge in [0.1, 0.15) is 17.5 Å². The molecule has 2 rings (SSSR count). The molecule has 104 valence electrons. The van der Waals surface area contributed by atoms with Crippen molar-refractivity contribution in [1.82, 2.24) is 0 Å². The smallest absolute Gasteiger partial charge is 0.266 e. The summed E-state index contributed by atoms with van der Waals surface area (Å²) >= 11 is 0. The Morgan fingerprint density at radius 2 is 1.76 bits per heavy atom. The van der Waals surface area contributed by atoms with E-state index >= 15 is 0 Å². The van der Waals surface area contributed by atoms with Crippen LogP contribution in [0.1, 0.15) is 11.1 Å². The van der Waals surface area contributed by atoms with Gasteiger partial charge < -0.3 is 5.32 Å². The zero-order valence-corrected chi connectivity index (χ0v) is 11.4. The molecule has 1 N–H and O–H groups in total. The van der Waals surface area contributed by atoms with E-state index in [9.17, 15) is 9.18 Å². The van der Waals surface area contributed by atoms with Gasteiger partial charge in [0.15, 0.2) is 0 Å². The molecule has 2 aromatic carbocycles. The number of hydrogen-bond donors (Lipinski definition) is 1. The summed E-state index contributed by atoms with van der Waals surface area (Å²) in [7, 11) is 0. The zero-order chi connectivity index (χ0) is 15.2. The van der Waals surface area contributed by atoms with E-state index in [4.69, 9.17) is 5.26 Å². The Bertz CT molecular complexity index is 710. The maximum Gasteiger partial charge on any atom is 0.266 e. The molecule has 0 bridgehead atoms. The molecule has 1 amide bonds. The molecular weight excluding hydrogens is 267 g/mol. The van der Waals surface area contributed by atoms with Crippen molar-refractivity contribution < 1.29 is 9.18 Å². The highest BCUT2D eigenvalue weighted by Gasteiger charge is 2.09. The first-order chi connectivity index (χ1) is 10.1. The van der Waals surface area contributed by atoms with Gasteiger partial charge in [-0.1, -0.05) is 29.8 Å². The number of nitriles is 1. The summed E-state index contributed by atoms with van der Waals surface area (Å²) in [4.78, 5) is 12.0. The predicted molar refractivity (Wildman–Crippen MR) is 79.8 cm³/mol. The monoisotopic (exact) mass is 280 g/mol. The average Bonchev–Trinajstić information content (AvgIpc) is 2.49. The third-order valence-electron chi connectivity index (χ3n) is 2.86. The van der Waals surface area contributed by atoms with Gasteiger partial charge in [0, 0.05) is 5.69 Å². The van der Waals surface area contributed by atoms with E-state index in [1.165, 1.54) is 30.3 Å². The number of amides is 1.